The molecule has 0 saturated carbocycles. The second-order valence-electron chi connectivity index (χ2n) is 8.05. The van der Waals surface area contributed by atoms with Gasteiger partial charge in [0.05, 0.1) is 0 Å². The van der Waals surface area contributed by atoms with Gasteiger partial charge in [-0.2, -0.15) is 0 Å². The Labute approximate surface area is 143 Å². The Morgan fingerprint density at radius 3 is 1.83 bits per heavy atom. The zero-order valence-electron chi connectivity index (χ0n) is 15.0. The van der Waals surface area contributed by atoms with Gasteiger partial charge in [-0.1, -0.05) is 103 Å². The molecule has 23 heavy (non-hydrogen) atoms. The van der Waals surface area contributed by atoms with E-state index in [1.165, 1.54) is 36.8 Å². The molecule has 1 fully saturated rings. The molecule has 0 unspecified atom stereocenters. The van der Waals surface area contributed by atoms with E-state index in [1.54, 1.807) is 5.30 Å². The van der Waals surface area contributed by atoms with Crippen molar-refractivity contribution in [3.8, 4) is 11.1 Å². The summed E-state index contributed by atoms with van der Waals surface area (Å²) in [6.07, 6.45) is 5.46. The van der Waals surface area contributed by atoms with Gasteiger partial charge in [-0.25, -0.2) is 0 Å². The average Bonchev–Trinajstić information content (AvgIpc) is 2.63. The average molecular weight is 324 g/mol. The summed E-state index contributed by atoms with van der Waals surface area (Å²) in [6, 6.07) is 20.1. The minimum absolute atomic E-state index is 0.224. The van der Waals surface area contributed by atoms with Crippen LogP contribution in [0.15, 0.2) is 54.6 Å². The fourth-order valence-electron chi connectivity index (χ4n) is 4.34. The van der Waals surface area contributed by atoms with Gasteiger partial charge in [0, 0.05) is 0 Å². The molecule has 1 aliphatic heterocycles. The first-order chi connectivity index (χ1) is 10.9. The zero-order valence-corrected chi connectivity index (χ0v) is 15.9. The summed E-state index contributed by atoms with van der Waals surface area (Å²) in [6.45, 7) is 10.0. The highest BCUT2D eigenvalue weighted by Gasteiger charge is 2.43. The predicted molar refractivity (Wildman–Crippen MR) is 105 cm³/mol. The Hall–Kier alpha value is -1.13. The third-order valence-electron chi connectivity index (χ3n) is 5.27. The molecule has 0 bridgehead atoms. The fraction of sp³-hybridized carbons (Fsp3) is 0.455. The van der Waals surface area contributed by atoms with E-state index in [2.05, 4.69) is 82.3 Å². The summed E-state index contributed by atoms with van der Waals surface area (Å²) >= 11 is 0. The Morgan fingerprint density at radius 1 is 0.696 bits per heavy atom. The third-order valence-corrected chi connectivity index (χ3v) is 9.01. The van der Waals surface area contributed by atoms with Crippen molar-refractivity contribution >= 4 is 13.2 Å². The van der Waals surface area contributed by atoms with Gasteiger partial charge in [0.25, 0.3) is 0 Å². The maximum atomic E-state index is 2.51. The van der Waals surface area contributed by atoms with Crippen LogP contribution in [0.5, 0.6) is 0 Å². The van der Waals surface area contributed by atoms with E-state index in [4.69, 9.17) is 0 Å². The molecule has 1 saturated heterocycles. The maximum Gasteiger partial charge on any atom is -0.0106 e. The highest BCUT2D eigenvalue weighted by atomic mass is 31.1. The fourth-order valence-corrected chi connectivity index (χ4v) is 8.73. The largest absolute Gasteiger partial charge is 0.0631 e. The van der Waals surface area contributed by atoms with Crippen LogP contribution < -0.4 is 5.30 Å². The molecule has 0 atom stereocenters. The van der Waals surface area contributed by atoms with Crippen LogP contribution in [0.2, 0.25) is 0 Å². The van der Waals surface area contributed by atoms with Crippen LogP contribution in [0.4, 0.5) is 0 Å². The quantitative estimate of drug-likeness (QED) is 0.546. The Balaban J connectivity index is 2.16. The SMILES string of the molecule is CC1(C)CCCCC(C)(C)P1c1ccccc1-c1ccccc1. The normalized spacial score (nSPS) is 20.9. The van der Waals surface area contributed by atoms with Gasteiger partial charge in [-0.15, -0.1) is 0 Å². The molecule has 1 aliphatic rings. The molecule has 0 N–H and O–H groups in total. The second-order valence-corrected chi connectivity index (χ2v) is 11.6. The Bertz CT molecular complexity index is 637. The highest BCUT2D eigenvalue weighted by Crippen LogP contribution is 2.64. The van der Waals surface area contributed by atoms with Crippen molar-refractivity contribution in [3.05, 3.63) is 54.6 Å². The number of benzene rings is 2. The van der Waals surface area contributed by atoms with Crippen LogP contribution >= 0.6 is 7.92 Å². The lowest BCUT2D eigenvalue weighted by Crippen LogP contribution is -2.34. The molecule has 0 aromatic heterocycles. The molecular formula is C22H29P. The van der Waals surface area contributed by atoms with Crippen LogP contribution in [-0.2, 0) is 0 Å². The van der Waals surface area contributed by atoms with E-state index in [9.17, 15) is 0 Å². The molecular weight excluding hydrogens is 295 g/mol. The molecule has 0 amide bonds. The van der Waals surface area contributed by atoms with Gasteiger partial charge in [0.2, 0.25) is 0 Å². The first kappa shape index (κ1) is 16.7. The topological polar surface area (TPSA) is 0 Å². The van der Waals surface area contributed by atoms with E-state index in [0.29, 0.717) is 10.3 Å². The van der Waals surface area contributed by atoms with Crippen LogP contribution in [0.1, 0.15) is 53.4 Å². The van der Waals surface area contributed by atoms with Crippen LogP contribution in [-0.4, -0.2) is 10.3 Å². The molecule has 0 radical (unpaired) electrons. The van der Waals surface area contributed by atoms with E-state index in [1.807, 2.05) is 0 Å². The number of hydrogen-bond donors (Lipinski definition) is 0. The predicted octanol–water partition coefficient (Wildman–Crippen LogP) is 6.59. The zero-order chi connectivity index (χ0) is 16.5. The summed E-state index contributed by atoms with van der Waals surface area (Å²) in [7, 11) is -0.224. The van der Waals surface area contributed by atoms with Crippen molar-refractivity contribution in [2.24, 2.45) is 0 Å². The molecule has 1 heterocycles. The minimum atomic E-state index is -0.224. The van der Waals surface area contributed by atoms with Crippen LogP contribution in [0.25, 0.3) is 11.1 Å². The van der Waals surface area contributed by atoms with E-state index < -0.39 is 0 Å². The van der Waals surface area contributed by atoms with Gasteiger partial charge >= 0.3 is 0 Å². The monoisotopic (exact) mass is 324 g/mol. The lowest BCUT2D eigenvalue weighted by atomic mass is 10.0. The maximum absolute atomic E-state index is 2.51. The Kier molecular flexibility index (Phi) is 4.65. The lowest BCUT2D eigenvalue weighted by Gasteiger charge is -2.44. The lowest BCUT2D eigenvalue weighted by molar-refractivity contribution is 0.563. The van der Waals surface area contributed by atoms with Gasteiger partial charge in [-0.05, 0) is 39.6 Å². The van der Waals surface area contributed by atoms with Crippen LogP contribution in [0, 0.1) is 0 Å². The van der Waals surface area contributed by atoms with Crippen molar-refractivity contribution in [2.45, 2.75) is 63.7 Å². The highest BCUT2D eigenvalue weighted by molar-refractivity contribution is 7.68. The minimum Gasteiger partial charge on any atom is -0.0631 e. The van der Waals surface area contributed by atoms with Crippen molar-refractivity contribution < 1.29 is 0 Å². The van der Waals surface area contributed by atoms with Crippen molar-refractivity contribution in [1.29, 1.82) is 0 Å². The summed E-state index contributed by atoms with van der Waals surface area (Å²) in [4.78, 5) is 0. The van der Waals surface area contributed by atoms with Gasteiger partial charge in [0.1, 0.15) is 0 Å². The smallest absolute Gasteiger partial charge is 0.0106 e. The Morgan fingerprint density at radius 2 is 1.22 bits per heavy atom. The molecule has 3 rings (SSSR count). The molecule has 1 heteroatoms. The van der Waals surface area contributed by atoms with E-state index in [0.717, 1.165) is 0 Å². The molecule has 0 spiro atoms. The molecule has 0 nitrogen and oxygen atoms in total. The van der Waals surface area contributed by atoms with Crippen LogP contribution in [0.3, 0.4) is 0 Å². The summed E-state index contributed by atoms with van der Waals surface area (Å²) < 4.78 is 0. The second kappa shape index (κ2) is 6.40. The summed E-state index contributed by atoms with van der Waals surface area (Å²) in [5, 5.41) is 2.41. The molecule has 0 aliphatic carbocycles. The molecule has 2 aromatic carbocycles. The first-order valence-electron chi connectivity index (χ1n) is 8.87. The standard InChI is InChI=1S/C22H29P/c1-21(2)16-10-11-17-22(3,4)23(21)20-15-9-8-14-19(20)18-12-6-5-7-13-18/h5-9,12-15H,10-11,16-17H2,1-4H3. The summed E-state index contributed by atoms with van der Waals surface area (Å²) in [5.74, 6) is 0. The summed E-state index contributed by atoms with van der Waals surface area (Å²) in [5.41, 5.74) is 2.81. The van der Waals surface area contributed by atoms with Crippen molar-refractivity contribution in [3.63, 3.8) is 0 Å². The molecule has 2 aromatic rings. The van der Waals surface area contributed by atoms with Gasteiger partial charge < -0.3 is 0 Å². The van der Waals surface area contributed by atoms with E-state index in [-0.39, 0.29) is 7.92 Å². The third kappa shape index (κ3) is 3.38. The number of rotatable bonds is 2. The van der Waals surface area contributed by atoms with Gasteiger partial charge in [0.15, 0.2) is 0 Å². The molecule has 122 valence electrons. The van der Waals surface area contributed by atoms with Crippen molar-refractivity contribution in [2.75, 3.05) is 0 Å². The van der Waals surface area contributed by atoms with E-state index >= 15 is 0 Å². The van der Waals surface area contributed by atoms with Crippen molar-refractivity contribution in [1.82, 2.24) is 0 Å². The number of hydrogen-bond acceptors (Lipinski definition) is 0. The van der Waals surface area contributed by atoms with Gasteiger partial charge in [-0.3, -0.25) is 0 Å². The first-order valence-corrected chi connectivity index (χ1v) is 10.2.